The van der Waals surface area contributed by atoms with Crippen molar-refractivity contribution in [1.29, 1.82) is 0 Å². The number of nitro groups is 1. The second kappa shape index (κ2) is 10.5. The lowest BCUT2D eigenvalue weighted by molar-refractivity contribution is -0.385. The Bertz CT molecular complexity index is 982. The molecule has 10 nitrogen and oxygen atoms in total. The molecule has 0 saturated heterocycles. The molecule has 0 aliphatic heterocycles. The summed E-state index contributed by atoms with van der Waals surface area (Å²) >= 11 is 0. The van der Waals surface area contributed by atoms with Gasteiger partial charge in [-0.05, 0) is 44.9 Å². The Labute approximate surface area is 186 Å². The first-order valence-electron chi connectivity index (χ1n) is 9.81. The quantitative estimate of drug-likeness (QED) is 0.465. The zero-order chi connectivity index (χ0) is 23.9. The minimum Gasteiger partial charge on any atom is -0.493 e. The molecule has 2 aromatic rings. The van der Waals surface area contributed by atoms with Gasteiger partial charge in [-0.2, -0.15) is 0 Å². The SMILES string of the molecule is COc1cc(C(=O)Nc2ccc(CCNC(=O)OC(C)(C)C)cc2)c([N+](=O)[O-])cc1OC. The van der Waals surface area contributed by atoms with Gasteiger partial charge in [0.05, 0.1) is 25.2 Å². The molecule has 0 spiro atoms. The van der Waals surface area contributed by atoms with E-state index in [0.29, 0.717) is 18.7 Å². The maximum atomic E-state index is 12.7. The molecule has 0 aliphatic rings. The number of benzene rings is 2. The third-order valence-electron chi connectivity index (χ3n) is 4.24. The van der Waals surface area contributed by atoms with Gasteiger partial charge in [-0.15, -0.1) is 0 Å². The number of methoxy groups -OCH3 is 2. The van der Waals surface area contributed by atoms with Gasteiger partial charge in [0.1, 0.15) is 11.2 Å². The molecule has 32 heavy (non-hydrogen) atoms. The summed E-state index contributed by atoms with van der Waals surface area (Å²) in [4.78, 5) is 35.1. The summed E-state index contributed by atoms with van der Waals surface area (Å²) in [6, 6.07) is 9.34. The molecule has 0 fully saturated rings. The number of nitrogens with zero attached hydrogens (tertiary/aromatic N) is 1. The van der Waals surface area contributed by atoms with Crippen LogP contribution >= 0.6 is 0 Å². The highest BCUT2D eigenvalue weighted by atomic mass is 16.6. The van der Waals surface area contributed by atoms with Gasteiger partial charge in [-0.25, -0.2) is 4.79 Å². The number of nitro benzene ring substituents is 1. The molecule has 0 aliphatic carbocycles. The summed E-state index contributed by atoms with van der Waals surface area (Å²) in [6.45, 7) is 5.75. The Morgan fingerprint density at radius 3 is 2.16 bits per heavy atom. The van der Waals surface area contributed by atoms with Gasteiger partial charge in [0.25, 0.3) is 11.6 Å². The van der Waals surface area contributed by atoms with E-state index in [2.05, 4.69) is 10.6 Å². The first-order chi connectivity index (χ1) is 15.0. The fraction of sp³-hybridized carbons (Fsp3) is 0.364. The minimum atomic E-state index is -0.656. The summed E-state index contributed by atoms with van der Waals surface area (Å²) in [5, 5.41) is 16.7. The Hall–Kier alpha value is -3.82. The Morgan fingerprint density at radius 1 is 1.03 bits per heavy atom. The van der Waals surface area contributed by atoms with E-state index in [9.17, 15) is 19.7 Å². The molecule has 2 amide bonds. The summed E-state index contributed by atoms with van der Waals surface area (Å²) in [5.74, 6) is -0.298. The molecule has 0 unspecified atom stereocenters. The van der Waals surface area contributed by atoms with Crippen molar-refractivity contribution in [2.75, 3.05) is 26.1 Å². The molecule has 2 rings (SSSR count). The first-order valence-corrected chi connectivity index (χ1v) is 9.81. The average molecular weight is 445 g/mol. The van der Waals surface area contributed by atoms with Crippen LogP contribution in [0.5, 0.6) is 11.5 Å². The van der Waals surface area contributed by atoms with Crippen LogP contribution in [-0.4, -0.2) is 43.3 Å². The highest BCUT2D eigenvalue weighted by Crippen LogP contribution is 2.34. The molecule has 0 bridgehead atoms. The van der Waals surface area contributed by atoms with Gasteiger partial charge in [0.2, 0.25) is 0 Å². The molecular weight excluding hydrogens is 418 g/mol. The van der Waals surface area contributed by atoms with E-state index in [0.717, 1.165) is 11.6 Å². The van der Waals surface area contributed by atoms with E-state index < -0.39 is 28.2 Å². The molecule has 0 heterocycles. The lowest BCUT2D eigenvalue weighted by Crippen LogP contribution is -2.33. The van der Waals surface area contributed by atoms with E-state index in [1.54, 1.807) is 45.0 Å². The molecule has 2 aromatic carbocycles. The van der Waals surface area contributed by atoms with Crippen LogP contribution in [0.1, 0.15) is 36.7 Å². The molecular formula is C22H27N3O7. The molecule has 10 heteroatoms. The van der Waals surface area contributed by atoms with Crippen LogP contribution in [-0.2, 0) is 11.2 Å². The summed E-state index contributed by atoms with van der Waals surface area (Å²) < 4.78 is 15.4. The predicted molar refractivity (Wildman–Crippen MR) is 119 cm³/mol. The van der Waals surface area contributed by atoms with Gasteiger partial charge < -0.3 is 24.8 Å². The maximum absolute atomic E-state index is 12.7. The van der Waals surface area contributed by atoms with Crippen LogP contribution in [0.3, 0.4) is 0 Å². The lowest BCUT2D eigenvalue weighted by atomic mass is 10.1. The number of carbonyl (C=O) groups excluding carboxylic acids is 2. The van der Waals surface area contributed by atoms with Crippen LogP contribution in [0.25, 0.3) is 0 Å². The summed E-state index contributed by atoms with van der Waals surface area (Å²) in [6.07, 6.45) is 0.0760. The van der Waals surface area contributed by atoms with Crippen molar-refractivity contribution in [2.24, 2.45) is 0 Å². The first kappa shape index (κ1) is 24.4. The number of ether oxygens (including phenoxy) is 3. The number of carbonyl (C=O) groups is 2. The second-order valence-corrected chi connectivity index (χ2v) is 7.81. The van der Waals surface area contributed by atoms with Gasteiger partial charge >= 0.3 is 6.09 Å². The Balaban J connectivity index is 2.04. The van der Waals surface area contributed by atoms with Crippen molar-refractivity contribution in [3.05, 3.63) is 57.6 Å². The van der Waals surface area contributed by atoms with E-state index in [1.165, 1.54) is 20.3 Å². The van der Waals surface area contributed by atoms with Crippen LogP contribution in [0, 0.1) is 10.1 Å². The highest BCUT2D eigenvalue weighted by Gasteiger charge is 2.24. The molecule has 2 N–H and O–H groups in total. The topological polar surface area (TPSA) is 129 Å². The van der Waals surface area contributed by atoms with E-state index in [4.69, 9.17) is 14.2 Å². The minimum absolute atomic E-state index is 0.153. The van der Waals surface area contributed by atoms with Gasteiger partial charge in [-0.3, -0.25) is 14.9 Å². The molecule has 0 radical (unpaired) electrons. The van der Waals surface area contributed by atoms with Crippen molar-refractivity contribution in [3.8, 4) is 11.5 Å². The predicted octanol–water partition coefficient (Wildman–Crippen LogP) is 3.93. The fourth-order valence-electron chi connectivity index (χ4n) is 2.78. The van der Waals surface area contributed by atoms with E-state index in [1.807, 2.05) is 0 Å². The van der Waals surface area contributed by atoms with Crippen molar-refractivity contribution in [1.82, 2.24) is 5.32 Å². The van der Waals surface area contributed by atoms with Crippen LogP contribution < -0.4 is 20.1 Å². The van der Waals surface area contributed by atoms with Gasteiger partial charge in [0.15, 0.2) is 11.5 Å². The zero-order valence-electron chi connectivity index (χ0n) is 18.7. The molecule has 0 aromatic heterocycles. The fourth-order valence-corrected chi connectivity index (χ4v) is 2.78. The monoisotopic (exact) mass is 445 g/mol. The second-order valence-electron chi connectivity index (χ2n) is 7.81. The molecule has 0 atom stereocenters. The number of nitrogens with one attached hydrogen (secondary N) is 2. The number of hydrogen-bond donors (Lipinski definition) is 2. The number of rotatable bonds is 8. The van der Waals surface area contributed by atoms with Crippen LogP contribution in [0.15, 0.2) is 36.4 Å². The zero-order valence-corrected chi connectivity index (χ0v) is 18.7. The Kier molecular flexibility index (Phi) is 8.00. The molecule has 0 saturated carbocycles. The Morgan fingerprint density at radius 2 is 1.62 bits per heavy atom. The van der Waals surface area contributed by atoms with E-state index in [-0.39, 0.29) is 17.1 Å². The number of alkyl carbamates (subject to hydrolysis) is 1. The van der Waals surface area contributed by atoms with Crippen molar-refractivity contribution < 1.29 is 28.7 Å². The third-order valence-corrected chi connectivity index (χ3v) is 4.24. The lowest BCUT2D eigenvalue weighted by Gasteiger charge is -2.19. The van der Waals surface area contributed by atoms with E-state index >= 15 is 0 Å². The number of hydrogen-bond acceptors (Lipinski definition) is 7. The van der Waals surface area contributed by atoms with Crippen LogP contribution in [0.4, 0.5) is 16.2 Å². The number of amides is 2. The molecule has 172 valence electrons. The standard InChI is InChI=1S/C22H27N3O7/c1-22(2,3)32-21(27)23-11-10-14-6-8-15(9-7-14)24-20(26)16-12-18(30-4)19(31-5)13-17(16)25(28)29/h6-9,12-13H,10-11H2,1-5H3,(H,23,27)(H,24,26). The van der Waals surface area contributed by atoms with Gasteiger partial charge in [0, 0.05) is 18.3 Å². The third kappa shape index (κ3) is 6.86. The van der Waals surface area contributed by atoms with Crippen LogP contribution in [0.2, 0.25) is 0 Å². The van der Waals surface area contributed by atoms with Crippen molar-refractivity contribution >= 4 is 23.4 Å². The smallest absolute Gasteiger partial charge is 0.407 e. The van der Waals surface area contributed by atoms with Crippen molar-refractivity contribution in [3.63, 3.8) is 0 Å². The number of anilines is 1. The van der Waals surface area contributed by atoms with Crippen molar-refractivity contribution in [2.45, 2.75) is 32.8 Å². The maximum Gasteiger partial charge on any atom is 0.407 e. The van der Waals surface area contributed by atoms with Gasteiger partial charge in [-0.1, -0.05) is 12.1 Å². The summed E-state index contributed by atoms with van der Waals surface area (Å²) in [5.41, 5.74) is 0.273. The average Bonchev–Trinajstić information content (AvgIpc) is 2.72. The normalized spacial score (nSPS) is 10.8. The highest BCUT2D eigenvalue weighted by molar-refractivity contribution is 6.07. The summed E-state index contributed by atoms with van der Waals surface area (Å²) in [7, 11) is 2.73. The largest absolute Gasteiger partial charge is 0.493 e.